The standard InChI is InChI=1S/C8H9NO2/c10-6-8(9-11)7-4-2-1-3-5-7/h1-6,8-9,11H. The highest BCUT2D eigenvalue weighted by atomic mass is 16.5. The first kappa shape index (κ1) is 7.91. The van der Waals surface area contributed by atoms with Crippen molar-refractivity contribution in [2.24, 2.45) is 0 Å². The lowest BCUT2D eigenvalue weighted by atomic mass is 10.1. The van der Waals surface area contributed by atoms with Crippen LogP contribution in [0.3, 0.4) is 0 Å². The third kappa shape index (κ3) is 1.86. The summed E-state index contributed by atoms with van der Waals surface area (Å²) in [5, 5.41) is 8.50. The fourth-order valence-corrected chi connectivity index (χ4v) is 0.844. The van der Waals surface area contributed by atoms with Crippen molar-refractivity contribution < 1.29 is 10.0 Å². The van der Waals surface area contributed by atoms with Gasteiger partial charge < -0.3 is 10.0 Å². The van der Waals surface area contributed by atoms with Crippen LogP contribution in [-0.4, -0.2) is 11.5 Å². The van der Waals surface area contributed by atoms with Crippen LogP contribution in [0.1, 0.15) is 11.6 Å². The summed E-state index contributed by atoms with van der Waals surface area (Å²) >= 11 is 0. The molecule has 2 N–H and O–H groups in total. The molecule has 0 bridgehead atoms. The van der Waals surface area contributed by atoms with E-state index in [1.165, 1.54) is 0 Å². The van der Waals surface area contributed by atoms with Crippen LogP contribution < -0.4 is 5.48 Å². The third-order valence-electron chi connectivity index (χ3n) is 1.43. The quantitative estimate of drug-likeness (QED) is 0.498. The second-order valence-corrected chi connectivity index (χ2v) is 2.15. The SMILES string of the molecule is O=CC(NO)c1ccccc1. The summed E-state index contributed by atoms with van der Waals surface area (Å²) in [4.78, 5) is 10.3. The molecule has 1 aromatic rings. The molecular formula is C8H9NO2. The van der Waals surface area contributed by atoms with E-state index in [-0.39, 0.29) is 0 Å². The summed E-state index contributed by atoms with van der Waals surface area (Å²) in [5.74, 6) is 0. The third-order valence-corrected chi connectivity index (χ3v) is 1.43. The van der Waals surface area contributed by atoms with Crippen LogP contribution in [0.4, 0.5) is 0 Å². The van der Waals surface area contributed by atoms with Crippen LogP contribution in [0, 0.1) is 0 Å². The predicted molar refractivity (Wildman–Crippen MR) is 40.2 cm³/mol. The van der Waals surface area contributed by atoms with Gasteiger partial charge in [-0.3, -0.25) is 0 Å². The fraction of sp³-hybridized carbons (Fsp3) is 0.125. The molecule has 0 amide bonds. The van der Waals surface area contributed by atoms with Gasteiger partial charge in [-0.1, -0.05) is 30.3 Å². The van der Waals surface area contributed by atoms with E-state index in [9.17, 15) is 4.79 Å². The molecule has 1 aromatic carbocycles. The molecule has 1 unspecified atom stereocenters. The number of aldehydes is 1. The summed E-state index contributed by atoms with van der Waals surface area (Å²) in [6.07, 6.45) is 0.648. The van der Waals surface area contributed by atoms with E-state index < -0.39 is 6.04 Å². The maximum absolute atomic E-state index is 10.3. The Hall–Kier alpha value is -1.19. The van der Waals surface area contributed by atoms with Crippen LogP contribution in [0.2, 0.25) is 0 Å². The minimum atomic E-state index is -0.615. The second kappa shape index (κ2) is 3.85. The van der Waals surface area contributed by atoms with E-state index in [4.69, 9.17) is 5.21 Å². The second-order valence-electron chi connectivity index (χ2n) is 2.15. The topological polar surface area (TPSA) is 49.3 Å². The molecule has 0 spiro atoms. The van der Waals surface area contributed by atoms with Gasteiger partial charge in [0.15, 0.2) is 0 Å². The Morgan fingerprint density at radius 3 is 2.45 bits per heavy atom. The largest absolute Gasteiger partial charge is 0.316 e. The van der Waals surface area contributed by atoms with Crippen LogP contribution >= 0.6 is 0 Å². The van der Waals surface area contributed by atoms with Crippen molar-refractivity contribution in [1.82, 2.24) is 5.48 Å². The zero-order chi connectivity index (χ0) is 8.10. The van der Waals surface area contributed by atoms with Gasteiger partial charge in [0.1, 0.15) is 12.3 Å². The summed E-state index contributed by atoms with van der Waals surface area (Å²) in [7, 11) is 0. The maximum atomic E-state index is 10.3. The van der Waals surface area contributed by atoms with E-state index in [1.807, 2.05) is 23.7 Å². The van der Waals surface area contributed by atoms with Crippen LogP contribution in [0.15, 0.2) is 30.3 Å². The highest BCUT2D eigenvalue weighted by Gasteiger charge is 2.05. The van der Waals surface area contributed by atoms with E-state index in [0.29, 0.717) is 6.29 Å². The lowest BCUT2D eigenvalue weighted by Crippen LogP contribution is -2.17. The number of hydroxylamine groups is 1. The van der Waals surface area contributed by atoms with Crippen molar-refractivity contribution in [2.75, 3.05) is 0 Å². The van der Waals surface area contributed by atoms with Gasteiger partial charge in [0.2, 0.25) is 0 Å². The first-order valence-corrected chi connectivity index (χ1v) is 3.28. The van der Waals surface area contributed by atoms with E-state index in [0.717, 1.165) is 5.56 Å². The van der Waals surface area contributed by atoms with Crippen LogP contribution in [0.5, 0.6) is 0 Å². The molecule has 3 heteroatoms. The minimum Gasteiger partial charge on any atom is -0.316 e. The van der Waals surface area contributed by atoms with Gasteiger partial charge in [0.25, 0.3) is 0 Å². The summed E-state index contributed by atoms with van der Waals surface area (Å²) in [6, 6.07) is 8.39. The number of benzene rings is 1. The Balaban J connectivity index is 2.82. The monoisotopic (exact) mass is 151 g/mol. The molecule has 0 heterocycles. The Morgan fingerprint density at radius 2 is 2.00 bits per heavy atom. The highest BCUT2D eigenvalue weighted by Crippen LogP contribution is 2.07. The first-order valence-electron chi connectivity index (χ1n) is 3.28. The number of carbonyl (C=O) groups excluding carboxylic acids is 1. The zero-order valence-corrected chi connectivity index (χ0v) is 5.90. The Morgan fingerprint density at radius 1 is 1.36 bits per heavy atom. The predicted octanol–water partition coefficient (Wildman–Crippen LogP) is 0.905. The molecule has 0 radical (unpaired) electrons. The number of rotatable bonds is 3. The fourth-order valence-electron chi connectivity index (χ4n) is 0.844. The number of nitrogens with one attached hydrogen (secondary N) is 1. The summed E-state index contributed by atoms with van der Waals surface area (Å²) < 4.78 is 0. The lowest BCUT2D eigenvalue weighted by molar-refractivity contribution is -0.111. The molecule has 0 fully saturated rings. The molecule has 1 rings (SSSR count). The zero-order valence-electron chi connectivity index (χ0n) is 5.90. The highest BCUT2D eigenvalue weighted by molar-refractivity contribution is 5.60. The normalized spacial score (nSPS) is 12.5. The molecule has 0 aliphatic carbocycles. The van der Waals surface area contributed by atoms with Crippen LogP contribution in [-0.2, 0) is 4.79 Å². The van der Waals surface area contributed by atoms with E-state index in [2.05, 4.69) is 0 Å². The molecule has 58 valence electrons. The van der Waals surface area contributed by atoms with E-state index in [1.54, 1.807) is 12.1 Å². The number of hydrogen-bond acceptors (Lipinski definition) is 3. The molecule has 0 aliphatic rings. The van der Waals surface area contributed by atoms with Crippen molar-refractivity contribution in [1.29, 1.82) is 0 Å². The van der Waals surface area contributed by atoms with Gasteiger partial charge >= 0.3 is 0 Å². The molecule has 1 atom stereocenters. The molecule has 0 saturated carbocycles. The maximum Gasteiger partial charge on any atom is 0.143 e. The van der Waals surface area contributed by atoms with Crippen molar-refractivity contribution in [3.05, 3.63) is 35.9 Å². The van der Waals surface area contributed by atoms with Crippen molar-refractivity contribution in [3.8, 4) is 0 Å². The Kier molecular flexibility index (Phi) is 2.77. The minimum absolute atomic E-state index is 0.615. The van der Waals surface area contributed by atoms with Crippen molar-refractivity contribution >= 4 is 6.29 Å². The van der Waals surface area contributed by atoms with Gasteiger partial charge in [-0.05, 0) is 5.56 Å². The molecule has 3 nitrogen and oxygen atoms in total. The first-order chi connectivity index (χ1) is 5.38. The molecule has 0 saturated heterocycles. The Labute approximate surface area is 64.6 Å². The number of hydrogen-bond donors (Lipinski definition) is 2. The van der Waals surface area contributed by atoms with Gasteiger partial charge in [-0.15, -0.1) is 0 Å². The van der Waals surface area contributed by atoms with Crippen LogP contribution in [0.25, 0.3) is 0 Å². The smallest absolute Gasteiger partial charge is 0.143 e. The average Bonchev–Trinajstić information content (AvgIpc) is 2.09. The van der Waals surface area contributed by atoms with Crippen molar-refractivity contribution in [2.45, 2.75) is 6.04 Å². The van der Waals surface area contributed by atoms with Gasteiger partial charge in [-0.25, -0.2) is 0 Å². The molecule has 0 aromatic heterocycles. The molecular weight excluding hydrogens is 142 g/mol. The van der Waals surface area contributed by atoms with Crippen molar-refractivity contribution in [3.63, 3.8) is 0 Å². The summed E-state index contributed by atoms with van der Waals surface area (Å²) in [6.45, 7) is 0. The van der Waals surface area contributed by atoms with E-state index >= 15 is 0 Å². The molecule has 11 heavy (non-hydrogen) atoms. The number of carbonyl (C=O) groups is 1. The summed E-state index contributed by atoms with van der Waals surface area (Å²) in [5.41, 5.74) is 2.65. The van der Waals surface area contributed by atoms with Gasteiger partial charge in [0.05, 0.1) is 0 Å². The van der Waals surface area contributed by atoms with Gasteiger partial charge in [0, 0.05) is 0 Å². The molecule has 0 aliphatic heterocycles. The Bertz CT molecular complexity index is 223. The average molecular weight is 151 g/mol. The van der Waals surface area contributed by atoms with Gasteiger partial charge in [-0.2, -0.15) is 5.48 Å². The lowest BCUT2D eigenvalue weighted by Gasteiger charge is -2.06.